The van der Waals surface area contributed by atoms with Crippen LogP contribution in [0.25, 0.3) is 0 Å². The molecule has 1 aromatic rings. The number of nitrogens with one attached hydrogen (secondary N) is 1. The van der Waals surface area contributed by atoms with Crippen molar-refractivity contribution in [1.29, 1.82) is 0 Å². The molecule has 3 nitrogen and oxygen atoms in total. The van der Waals surface area contributed by atoms with Gasteiger partial charge in [0.05, 0.1) is 5.69 Å². The van der Waals surface area contributed by atoms with Gasteiger partial charge in [0.2, 0.25) is 0 Å². The number of aryl methyl sites for hydroxylation is 2. The van der Waals surface area contributed by atoms with E-state index < -0.39 is 0 Å². The zero-order valence-corrected chi connectivity index (χ0v) is 6.89. The van der Waals surface area contributed by atoms with Gasteiger partial charge in [-0.3, -0.25) is 0 Å². The summed E-state index contributed by atoms with van der Waals surface area (Å²) in [6.07, 6.45) is 0. The van der Waals surface area contributed by atoms with Crippen LogP contribution >= 0.6 is 0 Å². The molecule has 1 rings (SSSR count). The third kappa shape index (κ3) is 0.875. The minimum atomic E-state index is 1.04. The van der Waals surface area contributed by atoms with E-state index in [1.807, 2.05) is 32.5 Å². The summed E-state index contributed by atoms with van der Waals surface area (Å²) in [5.41, 5.74) is 1.06. The van der Waals surface area contributed by atoms with Crippen molar-refractivity contribution in [3.05, 3.63) is 11.5 Å². The van der Waals surface area contributed by atoms with E-state index in [-0.39, 0.29) is 0 Å². The van der Waals surface area contributed by atoms with Crippen molar-refractivity contribution in [3.8, 4) is 0 Å². The van der Waals surface area contributed by atoms with E-state index in [0.717, 1.165) is 17.3 Å². The highest BCUT2D eigenvalue weighted by molar-refractivity contribution is 5.41. The van der Waals surface area contributed by atoms with E-state index in [9.17, 15) is 0 Å². The standard InChI is InChI=1S/C7H13N3/c1-5-7(8-3)10(4)6(2)9-5/h8H,1-4H3. The zero-order valence-electron chi connectivity index (χ0n) is 6.89. The highest BCUT2D eigenvalue weighted by atomic mass is 15.2. The highest BCUT2D eigenvalue weighted by Gasteiger charge is 2.04. The maximum atomic E-state index is 4.28. The Bertz CT molecular complexity index is 237. The first-order chi connectivity index (χ1) is 4.66. The summed E-state index contributed by atoms with van der Waals surface area (Å²) in [5.74, 6) is 2.14. The number of imidazole rings is 1. The molecular weight excluding hydrogens is 126 g/mol. The molecule has 1 aromatic heterocycles. The van der Waals surface area contributed by atoms with Gasteiger partial charge in [-0.15, -0.1) is 0 Å². The molecule has 0 aromatic carbocycles. The van der Waals surface area contributed by atoms with Gasteiger partial charge in [0.15, 0.2) is 0 Å². The van der Waals surface area contributed by atoms with Gasteiger partial charge in [-0.25, -0.2) is 4.98 Å². The van der Waals surface area contributed by atoms with E-state index in [2.05, 4.69) is 10.3 Å². The Hall–Kier alpha value is -0.990. The number of hydrogen-bond donors (Lipinski definition) is 1. The van der Waals surface area contributed by atoms with Crippen molar-refractivity contribution in [2.75, 3.05) is 12.4 Å². The lowest BCUT2D eigenvalue weighted by atomic mass is 10.5. The summed E-state index contributed by atoms with van der Waals surface area (Å²) in [7, 11) is 3.91. The molecular formula is C7H13N3. The molecule has 56 valence electrons. The first-order valence-corrected chi connectivity index (χ1v) is 3.34. The molecule has 0 fully saturated rings. The average Bonchev–Trinajstić information content (AvgIpc) is 2.09. The molecule has 0 radical (unpaired) electrons. The fraction of sp³-hybridized carbons (Fsp3) is 0.571. The van der Waals surface area contributed by atoms with Gasteiger partial charge < -0.3 is 9.88 Å². The van der Waals surface area contributed by atoms with Crippen LogP contribution < -0.4 is 5.32 Å². The van der Waals surface area contributed by atoms with Gasteiger partial charge >= 0.3 is 0 Å². The van der Waals surface area contributed by atoms with Crippen molar-refractivity contribution >= 4 is 5.82 Å². The molecule has 0 atom stereocenters. The van der Waals surface area contributed by atoms with E-state index in [4.69, 9.17) is 0 Å². The predicted octanol–water partition coefficient (Wildman–Crippen LogP) is 1.08. The van der Waals surface area contributed by atoms with Gasteiger partial charge in [0, 0.05) is 14.1 Å². The highest BCUT2D eigenvalue weighted by Crippen LogP contribution is 2.12. The normalized spacial score (nSPS) is 10.0. The molecule has 1 heterocycles. The number of hydrogen-bond acceptors (Lipinski definition) is 2. The summed E-state index contributed by atoms with van der Waals surface area (Å²) in [4.78, 5) is 4.28. The van der Waals surface area contributed by atoms with Crippen molar-refractivity contribution in [3.63, 3.8) is 0 Å². The van der Waals surface area contributed by atoms with Crippen LogP contribution in [-0.2, 0) is 7.05 Å². The van der Waals surface area contributed by atoms with Crippen LogP contribution in [0.3, 0.4) is 0 Å². The second kappa shape index (κ2) is 2.33. The van der Waals surface area contributed by atoms with E-state index in [1.54, 1.807) is 0 Å². The second-order valence-corrected chi connectivity index (χ2v) is 2.40. The molecule has 0 unspecified atom stereocenters. The van der Waals surface area contributed by atoms with Crippen LogP contribution in [0.15, 0.2) is 0 Å². The van der Waals surface area contributed by atoms with Gasteiger partial charge in [0.1, 0.15) is 11.6 Å². The number of aromatic nitrogens is 2. The van der Waals surface area contributed by atoms with Crippen LogP contribution in [0.2, 0.25) is 0 Å². The molecule has 0 saturated carbocycles. The van der Waals surface area contributed by atoms with Crippen molar-refractivity contribution < 1.29 is 0 Å². The Morgan fingerprint density at radius 3 is 2.20 bits per heavy atom. The maximum Gasteiger partial charge on any atom is 0.128 e. The monoisotopic (exact) mass is 139 g/mol. The topological polar surface area (TPSA) is 29.9 Å². The molecule has 3 heteroatoms. The first-order valence-electron chi connectivity index (χ1n) is 3.34. The first kappa shape index (κ1) is 7.12. The third-order valence-corrected chi connectivity index (χ3v) is 1.73. The lowest BCUT2D eigenvalue weighted by molar-refractivity contribution is 0.863. The van der Waals surface area contributed by atoms with Gasteiger partial charge in [-0.1, -0.05) is 0 Å². The number of nitrogens with zero attached hydrogens (tertiary/aromatic N) is 2. The molecule has 0 aliphatic rings. The molecule has 0 aliphatic heterocycles. The van der Waals surface area contributed by atoms with Crippen LogP contribution in [0.1, 0.15) is 11.5 Å². The molecule has 10 heavy (non-hydrogen) atoms. The quantitative estimate of drug-likeness (QED) is 0.631. The SMILES string of the molecule is CNc1c(C)nc(C)n1C. The molecule has 0 saturated heterocycles. The lowest BCUT2D eigenvalue weighted by Gasteiger charge is -2.01. The van der Waals surface area contributed by atoms with Crippen molar-refractivity contribution in [2.45, 2.75) is 13.8 Å². The summed E-state index contributed by atoms with van der Waals surface area (Å²) in [6, 6.07) is 0. The smallest absolute Gasteiger partial charge is 0.128 e. The zero-order chi connectivity index (χ0) is 7.72. The van der Waals surface area contributed by atoms with E-state index >= 15 is 0 Å². The van der Waals surface area contributed by atoms with Crippen LogP contribution in [0.4, 0.5) is 5.82 Å². The molecule has 0 aliphatic carbocycles. The van der Waals surface area contributed by atoms with Gasteiger partial charge in [-0.05, 0) is 13.8 Å². The third-order valence-electron chi connectivity index (χ3n) is 1.73. The molecule has 0 amide bonds. The number of rotatable bonds is 1. The second-order valence-electron chi connectivity index (χ2n) is 2.40. The Morgan fingerprint density at radius 2 is 2.00 bits per heavy atom. The maximum absolute atomic E-state index is 4.28. The molecule has 1 N–H and O–H groups in total. The Balaban J connectivity index is 3.20. The van der Waals surface area contributed by atoms with Gasteiger partial charge in [-0.2, -0.15) is 0 Å². The fourth-order valence-corrected chi connectivity index (χ4v) is 1.12. The number of anilines is 1. The largest absolute Gasteiger partial charge is 0.373 e. The summed E-state index contributed by atoms with van der Waals surface area (Å²) >= 11 is 0. The van der Waals surface area contributed by atoms with Crippen molar-refractivity contribution in [2.24, 2.45) is 7.05 Å². The van der Waals surface area contributed by atoms with Gasteiger partial charge in [0.25, 0.3) is 0 Å². The van der Waals surface area contributed by atoms with Crippen molar-refractivity contribution in [1.82, 2.24) is 9.55 Å². The van der Waals surface area contributed by atoms with E-state index in [0.29, 0.717) is 0 Å². The lowest BCUT2D eigenvalue weighted by Crippen LogP contribution is -1.99. The van der Waals surface area contributed by atoms with Crippen LogP contribution in [-0.4, -0.2) is 16.6 Å². The summed E-state index contributed by atoms with van der Waals surface area (Å²) < 4.78 is 2.04. The fourth-order valence-electron chi connectivity index (χ4n) is 1.12. The van der Waals surface area contributed by atoms with E-state index in [1.165, 1.54) is 0 Å². The molecule has 0 spiro atoms. The minimum Gasteiger partial charge on any atom is -0.373 e. The predicted molar refractivity (Wildman–Crippen MR) is 42.2 cm³/mol. The Morgan fingerprint density at radius 1 is 1.40 bits per heavy atom. The average molecular weight is 139 g/mol. The molecule has 0 bridgehead atoms. The Labute approximate surface area is 61.1 Å². The van der Waals surface area contributed by atoms with Crippen LogP contribution in [0.5, 0.6) is 0 Å². The summed E-state index contributed by atoms with van der Waals surface area (Å²) in [5, 5.41) is 3.08. The Kier molecular flexibility index (Phi) is 1.66. The summed E-state index contributed by atoms with van der Waals surface area (Å²) in [6.45, 7) is 3.99. The van der Waals surface area contributed by atoms with Crippen LogP contribution in [0, 0.1) is 13.8 Å². The minimum absolute atomic E-state index is 1.04.